The first-order valence-electron chi connectivity index (χ1n) is 14.5. The van der Waals surface area contributed by atoms with Crippen LogP contribution < -0.4 is 0 Å². The van der Waals surface area contributed by atoms with Gasteiger partial charge in [0.25, 0.3) is 0 Å². The van der Waals surface area contributed by atoms with Gasteiger partial charge in [-0.2, -0.15) is 0 Å². The van der Waals surface area contributed by atoms with E-state index in [0.29, 0.717) is 29.5 Å². The van der Waals surface area contributed by atoms with E-state index in [2.05, 4.69) is 67.5 Å². The van der Waals surface area contributed by atoms with Crippen LogP contribution in [0.25, 0.3) is 0 Å². The van der Waals surface area contributed by atoms with Gasteiger partial charge in [0.05, 0.1) is 11.8 Å². The first-order chi connectivity index (χ1) is 16.4. The molecule has 3 aliphatic rings. The van der Waals surface area contributed by atoms with Gasteiger partial charge in [0.2, 0.25) is 0 Å². The molecule has 3 aliphatic carbocycles. The van der Waals surface area contributed by atoms with Gasteiger partial charge in [-0.1, -0.05) is 67.5 Å². The third-order valence-electron chi connectivity index (χ3n) is 12.2. The number of hydrogen-bond acceptors (Lipinski definition) is 4. The van der Waals surface area contributed by atoms with Gasteiger partial charge in [0.15, 0.2) is 0 Å². The molecule has 1 unspecified atom stereocenters. The Kier molecular flexibility index (Phi) is 6.72. The Morgan fingerprint density at radius 3 is 2.42 bits per heavy atom. The lowest BCUT2D eigenvalue weighted by atomic mass is 9.39. The Bertz CT molecular complexity index is 989. The number of carbonyl (C=O) groups excluding carboxylic acids is 1. The van der Waals surface area contributed by atoms with E-state index in [1.807, 2.05) is 6.20 Å². The standard InChI is InChI=1S/C32H53NO3/c1-21-18-27(3,4)13-15-32(21,35)16-14-28(5,6)31(10)12-11-24-29(7,8)26-23(20-33-36-26)19-30(24,9)25(31)17-22(2)34/h20-21,24-25,35H,11-19H2,1-10H3/t21?,24-,25+,30-,31+,32-/m0/s1. The maximum Gasteiger partial charge on any atom is 0.145 e. The van der Waals surface area contributed by atoms with E-state index < -0.39 is 5.60 Å². The van der Waals surface area contributed by atoms with Crippen molar-refractivity contribution in [2.24, 2.45) is 39.4 Å². The fourth-order valence-electron chi connectivity index (χ4n) is 9.50. The van der Waals surface area contributed by atoms with Crippen molar-refractivity contribution in [3.8, 4) is 0 Å². The van der Waals surface area contributed by atoms with Crippen molar-refractivity contribution < 1.29 is 14.4 Å². The summed E-state index contributed by atoms with van der Waals surface area (Å²) in [4.78, 5) is 12.8. The summed E-state index contributed by atoms with van der Waals surface area (Å²) >= 11 is 0. The van der Waals surface area contributed by atoms with Crippen LogP contribution in [-0.4, -0.2) is 21.6 Å². The van der Waals surface area contributed by atoms with E-state index in [0.717, 1.165) is 57.1 Å². The molecule has 1 aromatic heterocycles. The highest BCUT2D eigenvalue weighted by Crippen LogP contribution is 2.68. The van der Waals surface area contributed by atoms with Gasteiger partial charge in [-0.15, -0.1) is 0 Å². The molecule has 0 spiro atoms. The minimum Gasteiger partial charge on any atom is -0.390 e. The molecule has 6 atom stereocenters. The molecule has 0 amide bonds. The van der Waals surface area contributed by atoms with Gasteiger partial charge in [0, 0.05) is 17.4 Å². The number of carbonyl (C=O) groups is 1. The molecule has 4 heteroatoms. The summed E-state index contributed by atoms with van der Waals surface area (Å²) in [6.07, 6.45) is 10.6. The predicted molar refractivity (Wildman–Crippen MR) is 146 cm³/mol. The first-order valence-corrected chi connectivity index (χ1v) is 14.5. The summed E-state index contributed by atoms with van der Waals surface area (Å²) in [6.45, 7) is 23.1. The Morgan fingerprint density at radius 1 is 1.14 bits per heavy atom. The molecule has 0 aliphatic heterocycles. The maximum atomic E-state index is 12.8. The van der Waals surface area contributed by atoms with Crippen LogP contribution in [0.1, 0.15) is 132 Å². The summed E-state index contributed by atoms with van der Waals surface area (Å²) in [7, 11) is 0. The van der Waals surface area contributed by atoms with Crippen LogP contribution >= 0.6 is 0 Å². The average Bonchev–Trinajstić information content (AvgIpc) is 3.21. The summed E-state index contributed by atoms with van der Waals surface area (Å²) in [5.74, 6) is 2.38. The molecule has 0 bridgehead atoms. The van der Waals surface area contributed by atoms with Crippen LogP contribution in [0.4, 0.5) is 0 Å². The number of Topliss-reactive ketones (excluding diaryl/α,β-unsaturated/α-hetero) is 1. The zero-order valence-electron chi connectivity index (χ0n) is 24.9. The van der Waals surface area contributed by atoms with Crippen LogP contribution in [0.15, 0.2) is 10.7 Å². The molecular formula is C32H53NO3. The van der Waals surface area contributed by atoms with Crippen LogP contribution in [0, 0.1) is 39.4 Å². The minimum absolute atomic E-state index is 0.00219. The van der Waals surface area contributed by atoms with E-state index in [1.54, 1.807) is 6.92 Å². The number of aromatic nitrogens is 1. The van der Waals surface area contributed by atoms with Gasteiger partial charge in [-0.25, -0.2) is 0 Å². The summed E-state index contributed by atoms with van der Waals surface area (Å²) in [5, 5.41) is 15.9. The highest BCUT2D eigenvalue weighted by Gasteiger charge is 2.63. The van der Waals surface area contributed by atoms with Crippen LogP contribution in [0.3, 0.4) is 0 Å². The zero-order chi connectivity index (χ0) is 26.9. The van der Waals surface area contributed by atoms with E-state index in [9.17, 15) is 9.90 Å². The lowest BCUT2D eigenvalue weighted by molar-refractivity contribution is -0.159. The molecule has 1 N–H and O–H groups in total. The number of nitrogens with zero attached hydrogens (tertiary/aromatic N) is 1. The molecule has 4 nitrogen and oxygen atoms in total. The molecule has 2 fully saturated rings. The van der Waals surface area contributed by atoms with Gasteiger partial charge < -0.3 is 14.4 Å². The lowest BCUT2D eigenvalue weighted by Crippen LogP contribution is -2.60. The molecule has 1 aromatic rings. The molecule has 36 heavy (non-hydrogen) atoms. The fraction of sp³-hybridized carbons (Fsp3) is 0.875. The monoisotopic (exact) mass is 499 g/mol. The topological polar surface area (TPSA) is 63.3 Å². The van der Waals surface area contributed by atoms with Gasteiger partial charge in [-0.3, -0.25) is 0 Å². The molecule has 0 aromatic carbocycles. The minimum atomic E-state index is -0.579. The molecule has 0 saturated heterocycles. The molecule has 4 rings (SSSR count). The third-order valence-corrected chi connectivity index (χ3v) is 12.2. The Balaban J connectivity index is 1.66. The lowest BCUT2D eigenvalue weighted by Gasteiger charge is -2.65. The number of aliphatic hydroxyl groups is 1. The first kappa shape index (κ1) is 27.9. The van der Waals surface area contributed by atoms with E-state index in [-0.39, 0.29) is 27.6 Å². The molecular weight excluding hydrogens is 446 g/mol. The van der Waals surface area contributed by atoms with Crippen molar-refractivity contribution in [1.29, 1.82) is 0 Å². The maximum absolute atomic E-state index is 12.8. The Hall–Kier alpha value is -1.16. The second-order valence-corrected chi connectivity index (χ2v) is 15.8. The second-order valence-electron chi connectivity index (χ2n) is 15.8. The van der Waals surface area contributed by atoms with Gasteiger partial charge >= 0.3 is 0 Å². The van der Waals surface area contributed by atoms with E-state index >= 15 is 0 Å². The Morgan fingerprint density at radius 2 is 1.81 bits per heavy atom. The van der Waals surface area contributed by atoms with Crippen molar-refractivity contribution in [2.45, 2.75) is 138 Å². The predicted octanol–water partition coefficient (Wildman–Crippen LogP) is 7.91. The summed E-state index contributed by atoms with van der Waals surface area (Å²) in [6, 6.07) is 0. The van der Waals surface area contributed by atoms with Crippen LogP contribution in [0.2, 0.25) is 0 Å². The van der Waals surface area contributed by atoms with Crippen molar-refractivity contribution in [1.82, 2.24) is 5.16 Å². The van der Waals surface area contributed by atoms with Crippen molar-refractivity contribution in [3.63, 3.8) is 0 Å². The van der Waals surface area contributed by atoms with Crippen LogP contribution in [-0.2, 0) is 16.6 Å². The van der Waals surface area contributed by atoms with E-state index in [1.165, 1.54) is 5.56 Å². The molecule has 204 valence electrons. The molecule has 0 radical (unpaired) electrons. The second kappa shape index (κ2) is 8.68. The molecule has 2 saturated carbocycles. The highest BCUT2D eigenvalue weighted by atomic mass is 16.5. The fourth-order valence-corrected chi connectivity index (χ4v) is 9.50. The van der Waals surface area contributed by atoms with Crippen molar-refractivity contribution >= 4 is 5.78 Å². The van der Waals surface area contributed by atoms with Gasteiger partial charge in [-0.05, 0) is 97.7 Å². The number of fused-ring (bicyclic) bond motifs is 2. The van der Waals surface area contributed by atoms with Crippen LogP contribution in [0.5, 0.6) is 0 Å². The number of ketones is 1. The number of hydrogen-bond donors (Lipinski definition) is 1. The normalized spacial score (nSPS) is 39.8. The summed E-state index contributed by atoms with van der Waals surface area (Å²) < 4.78 is 5.80. The molecule has 1 heterocycles. The average molecular weight is 500 g/mol. The smallest absolute Gasteiger partial charge is 0.145 e. The third kappa shape index (κ3) is 4.31. The van der Waals surface area contributed by atoms with Gasteiger partial charge in [0.1, 0.15) is 11.5 Å². The van der Waals surface area contributed by atoms with Crippen molar-refractivity contribution in [2.75, 3.05) is 0 Å². The SMILES string of the molecule is CC(=O)C[C@@H]1[C@@]2(C)Cc3cnoc3C(C)(C)[C@@H]2CC[C@@]1(C)C(C)(C)CC[C@@]1(O)CCC(C)(C)CC1C. The zero-order valence-corrected chi connectivity index (χ0v) is 24.9. The van der Waals surface area contributed by atoms with Crippen molar-refractivity contribution in [3.05, 3.63) is 17.5 Å². The quantitative estimate of drug-likeness (QED) is 0.432. The number of rotatable bonds is 6. The summed E-state index contributed by atoms with van der Waals surface area (Å²) in [5.41, 5.74) is 0.870. The van der Waals surface area contributed by atoms with E-state index in [4.69, 9.17) is 4.52 Å². The highest BCUT2D eigenvalue weighted by molar-refractivity contribution is 5.76. The Labute approximate surface area is 220 Å². The largest absolute Gasteiger partial charge is 0.390 e.